The SMILES string of the molecule is COc1ncc(-c2ccc(C(=O)O)cc2C)cc1-c1cnc(N2CC(F)C2)nc1CN1C(=O)O[C@H](c2cc(C(F)(F)F)cc(C(F)(F)F)c2)[C@@H]1C. The molecule has 4 aromatic rings. The number of alkyl halides is 7. The second-order valence-corrected chi connectivity index (χ2v) is 12.2. The number of carbonyl (C=O) groups is 2. The molecule has 2 fully saturated rings. The molecule has 1 N–H and O–H groups in total. The van der Waals surface area contributed by atoms with Crippen molar-refractivity contribution in [3.63, 3.8) is 0 Å². The van der Waals surface area contributed by atoms with Crippen molar-refractivity contribution in [3.8, 4) is 28.1 Å². The van der Waals surface area contributed by atoms with E-state index < -0.39 is 59.4 Å². The minimum absolute atomic E-state index is 0.00603. The number of anilines is 1. The Morgan fingerprint density at radius 1 is 0.961 bits per heavy atom. The lowest BCUT2D eigenvalue weighted by molar-refractivity contribution is -0.143. The van der Waals surface area contributed by atoms with Crippen molar-refractivity contribution < 1.29 is 54.9 Å². The minimum Gasteiger partial charge on any atom is -0.481 e. The first-order chi connectivity index (χ1) is 23.9. The molecule has 2 aromatic carbocycles. The van der Waals surface area contributed by atoms with Crippen molar-refractivity contribution in [2.75, 3.05) is 25.1 Å². The number of hydrogen-bond donors (Lipinski definition) is 1. The lowest BCUT2D eigenvalue weighted by Gasteiger charge is -2.34. The summed E-state index contributed by atoms with van der Waals surface area (Å²) in [6.07, 6.45) is -10.9. The number of pyridine rings is 1. The van der Waals surface area contributed by atoms with Crippen LogP contribution in [0.4, 0.5) is 41.5 Å². The zero-order chi connectivity index (χ0) is 37.0. The van der Waals surface area contributed by atoms with E-state index in [0.717, 1.165) is 4.90 Å². The van der Waals surface area contributed by atoms with Crippen LogP contribution in [0.3, 0.4) is 0 Å². The fourth-order valence-electron chi connectivity index (χ4n) is 6.03. The number of halogens is 7. The van der Waals surface area contributed by atoms with Gasteiger partial charge in [-0.2, -0.15) is 26.3 Å². The predicted molar refractivity (Wildman–Crippen MR) is 167 cm³/mol. The number of amides is 1. The number of ether oxygens (including phenoxy) is 2. The molecule has 268 valence electrons. The number of hydrogen-bond acceptors (Lipinski definition) is 8. The normalized spacial score (nSPS) is 18.1. The zero-order valence-electron chi connectivity index (χ0n) is 27.0. The number of carboxylic acids is 1. The highest BCUT2D eigenvalue weighted by Gasteiger charge is 2.44. The first kappa shape index (κ1) is 35.3. The number of rotatable bonds is 8. The quantitative estimate of drug-likeness (QED) is 0.185. The van der Waals surface area contributed by atoms with Gasteiger partial charge in [0, 0.05) is 29.1 Å². The van der Waals surface area contributed by atoms with Crippen LogP contribution in [0.1, 0.15) is 51.3 Å². The van der Waals surface area contributed by atoms with Crippen LogP contribution in [0.25, 0.3) is 22.3 Å². The van der Waals surface area contributed by atoms with E-state index in [1.54, 1.807) is 24.0 Å². The summed E-state index contributed by atoms with van der Waals surface area (Å²) in [6.45, 7) is 2.80. The molecule has 4 heterocycles. The molecule has 0 aliphatic carbocycles. The molecule has 51 heavy (non-hydrogen) atoms. The molecular formula is C34H28F7N5O5. The Bertz CT molecular complexity index is 1980. The highest BCUT2D eigenvalue weighted by atomic mass is 19.4. The van der Waals surface area contributed by atoms with E-state index in [0.29, 0.717) is 39.9 Å². The van der Waals surface area contributed by atoms with Crippen LogP contribution in [0.2, 0.25) is 0 Å². The van der Waals surface area contributed by atoms with Crippen LogP contribution in [-0.2, 0) is 23.6 Å². The van der Waals surface area contributed by atoms with E-state index in [1.807, 2.05) is 0 Å². The van der Waals surface area contributed by atoms with Crippen molar-refractivity contribution in [2.24, 2.45) is 0 Å². The zero-order valence-corrected chi connectivity index (χ0v) is 27.0. The second-order valence-electron chi connectivity index (χ2n) is 12.2. The van der Waals surface area contributed by atoms with Gasteiger partial charge in [-0.25, -0.2) is 28.9 Å². The third kappa shape index (κ3) is 6.96. The van der Waals surface area contributed by atoms with Crippen molar-refractivity contribution in [3.05, 3.63) is 88.4 Å². The van der Waals surface area contributed by atoms with E-state index in [-0.39, 0.29) is 48.8 Å². The van der Waals surface area contributed by atoms with E-state index in [1.165, 1.54) is 38.6 Å². The Kier molecular flexibility index (Phi) is 9.01. The average Bonchev–Trinajstić information content (AvgIpc) is 3.34. The number of aryl methyl sites for hydroxylation is 1. The van der Waals surface area contributed by atoms with Crippen LogP contribution in [0.15, 0.2) is 54.9 Å². The van der Waals surface area contributed by atoms with Gasteiger partial charge in [-0.15, -0.1) is 0 Å². The first-order valence-electron chi connectivity index (χ1n) is 15.3. The predicted octanol–water partition coefficient (Wildman–Crippen LogP) is 7.50. The number of aromatic carboxylic acids is 1. The fraction of sp³-hybridized carbons (Fsp3) is 0.324. The largest absolute Gasteiger partial charge is 0.481 e. The minimum atomic E-state index is -5.11. The summed E-state index contributed by atoms with van der Waals surface area (Å²) in [5.41, 5.74) is -0.894. The molecule has 0 unspecified atom stereocenters. The third-order valence-corrected chi connectivity index (χ3v) is 8.74. The van der Waals surface area contributed by atoms with Gasteiger partial charge in [0.15, 0.2) is 0 Å². The maximum atomic E-state index is 13.8. The van der Waals surface area contributed by atoms with Crippen molar-refractivity contribution in [2.45, 2.75) is 51.1 Å². The highest BCUT2D eigenvalue weighted by Crippen LogP contribution is 2.42. The first-order valence-corrected chi connectivity index (χ1v) is 15.3. The summed E-state index contributed by atoms with van der Waals surface area (Å²) in [7, 11) is 1.36. The molecule has 2 saturated heterocycles. The van der Waals surface area contributed by atoms with Gasteiger partial charge in [0.25, 0.3) is 0 Å². The second kappa shape index (κ2) is 13.0. The molecule has 0 saturated carbocycles. The molecule has 2 aliphatic rings. The molecule has 0 radical (unpaired) electrons. The molecule has 2 aromatic heterocycles. The Morgan fingerprint density at radius 3 is 2.20 bits per heavy atom. The van der Waals surface area contributed by atoms with Crippen LogP contribution in [0.5, 0.6) is 5.88 Å². The summed E-state index contributed by atoms with van der Waals surface area (Å²) in [6, 6.07) is 6.19. The molecular weight excluding hydrogens is 691 g/mol. The number of methoxy groups -OCH3 is 1. The molecule has 2 aliphatic heterocycles. The van der Waals surface area contributed by atoms with Gasteiger partial charge < -0.3 is 19.5 Å². The summed E-state index contributed by atoms with van der Waals surface area (Å²) >= 11 is 0. The topological polar surface area (TPSA) is 118 Å². The molecule has 0 spiro atoms. The monoisotopic (exact) mass is 719 g/mol. The molecule has 10 nitrogen and oxygen atoms in total. The maximum Gasteiger partial charge on any atom is 0.416 e. The standard InChI is InChI=1S/C34H28F7N5O5/c1-16-6-18(30(47)48)4-5-24(16)20-9-25(29(50-3)42-11-20)26-12-43-31(45-13-23(35)14-45)44-27(26)15-46-17(2)28(51-32(46)49)19-7-21(33(36,37)38)10-22(8-19)34(39,40)41/h4-12,17,23,28H,13-15H2,1-3H3,(H,47,48)/t17-,28-/m0/s1. The van der Waals surface area contributed by atoms with Gasteiger partial charge in [-0.05, 0) is 66.9 Å². The molecule has 0 bridgehead atoms. The van der Waals surface area contributed by atoms with E-state index in [4.69, 9.17) is 9.47 Å². The van der Waals surface area contributed by atoms with Crippen LogP contribution >= 0.6 is 0 Å². The van der Waals surface area contributed by atoms with Gasteiger partial charge in [0.05, 0.1) is 55.2 Å². The molecule has 1 amide bonds. The van der Waals surface area contributed by atoms with Crippen molar-refractivity contribution in [1.82, 2.24) is 19.9 Å². The average molecular weight is 720 g/mol. The number of aromatic nitrogens is 3. The summed E-state index contributed by atoms with van der Waals surface area (Å²) < 4.78 is 106. The fourth-order valence-corrected chi connectivity index (χ4v) is 6.03. The van der Waals surface area contributed by atoms with Crippen molar-refractivity contribution >= 4 is 18.0 Å². The number of nitrogens with zero attached hydrogens (tertiary/aromatic N) is 5. The molecule has 17 heteroatoms. The lowest BCUT2D eigenvalue weighted by atomic mass is 9.96. The van der Waals surface area contributed by atoms with Gasteiger partial charge in [-0.3, -0.25) is 4.90 Å². The molecule has 2 atom stereocenters. The maximum absolute atomic E-state index is 13.8. The smallest absolute Gasteiger partial charge is 0.416 e. The van der Waals surface area contributed by atoms with Gasteiger partial charge in [0.1, 0.15) is 12.3 Å². The van der Waals surface area contributed by atoms with E-state index >= 15 is 0 Å². The number of benzene rings is 2. The van der Waals surface area contributed by atoms with Crippen LogP contribution in [0, 0.1) is 6.92 Å². The Hall–Kier alpha value is -5.48. The third-order valence-electron chi connectivity index (χ3n) is 8.74. The molecule has 6 rings (SSSR count). The summed E-state index contributed by atoms with van der Waals surface area (Å²) in [4.78, 5) is 40.8. The summed E-state index contributed by atoms with van der Waals surface area (Å²) in [5, 5.41) is 9.39. The number of cyclic esters (lactones) is 1. The van der Waals surface area contributed by atoms with E-state index in [9.17, 15) is 45.4 Å². The van der Waals surface area contributed by atoms with Gasteiger partial charge >= 0.3 is 24.4 Å². The van der Waals surface area contributed by atoms with Crippen molar-refractivity contribution in [1.29, 1.82) is 0 Å². The number of carbonyl (C=O) groups excluding carboxylic acids is 1. The summed E-state index contributed by atoms with van der Waals surface area (Å²) in [5.74, 6) is -0.870. The Balaban J connectivity index is 1.41. The van der Waals surface area contributed by atoms with Gasteiger partial charge in [0.2, 0.25) is 11.8 Å². The Labute approximate surface area is 285 Å². The van der Waals surface area contributed by atoms with E-state index in [2.05, 4.69) is 15.0 Å². The van der Waals surface area contributed by atoms with Crippen LogP contribution < -0.4 is 9.64 Å². The Morgan fingerprint density at radius 2 is 1.63 bits per heavy atom. The lowest BCUT2D eigenvalue weighted by Crippen LogP contribution is -2.49. The van der Waals surface area contributed by atoms with Gasteiger partial charge in [-0.1, -0.05) is 6.07 Å². The van der Waals surface area contributed by atoms with Crippen LogP contribution in [-0.4, -0.2) is 69.4 Å². The highest BCUT2D eigenvalue weighted by molar-refractivity contribution is 5.89. The number of carboxylic acid groups (broad SMARTS) is 1.